The van der Waals surface area contributed by atoms with Crippen LogP contribution in [0.5, 0.6) is 5.75 Å². The molecule has 208 valence electrons. The summed E-state index contributed by atoms with van der Waals surface area (Å²) in [5.41, 5.74) is 4.93. The van der Waals surface area contributed by atoms with Gasteiger partial charge in [0.05, 0.1) is 29.7 Å². The maximum Gasteiger partial charge on any atom is 0.317 e. The summed E-state index contributed by atoms with van der Waals surface area (Å²) in [7, 11) is 1.41. The van der Waals surface area contributed by atoms with Crippen LogP contribution in [0.25, 0.3) is 21.0 Å². The number of carbonyl (C=O) groups excluding carboxylic acids is 2. The molecule has 2 amide bonds. The van der Waals surface area contributed by atoms with Gasteiger partial charge in [0, 0.05) is 31.3 Å². The molecule has 2 aromatic carbocycles. The van der Waals surface area contributed by atoms with E-state index < -0.39 is 0 Å². The quantitative estimate of drug-likeness (QED) is 0.351. The van der Waals surface area contributed by atoms with Gasteiger partial charge in [0.15, 0.2) is 0 Å². The minimum Gasteiger partial charge on any atom is -0.490 e. The van der Waals surface area contributed by atoms with Crippen LogP contribution in [-0.4, -0.2) is 48.2 Å². The van der Waals surface area contributed by atoms with Crippen molar-refractivity contribution in [1.82, 2.24) is 15.2 Å². The van der Waals surface area contributed by atoms with E-state index in [-0.39, 0.29) is 30.1 Å². The predicted molar refractivity (Wildman–Crippen MR) is 154 cm³/mol. The van der Waals surface area contributed by atoms with Crippen LogP contribution in [-0.2, 0) is 16.0 Å². The molecule has 1 aromatic heterocycles. The Hall–Kier alpha value is -3.90. The number of amides is 2. The van der Waals surface area contributed by atoms with Gasteiger partial charge in [0.25, 0.3) is 0 Å². The molecule has 1 atom stereocenters. The molecule has 3 aromatic rings. The minimum absolute atomic E-state index is 0.0107. The molecule has 0 saturated carbocycles. The van der Waals surface area contributed by atoms with Gasteiger partial charge >= 0.3 is 12.0 Å². The fourth-order valence-electron chi connectivity index (χ4n) is 5.57. The van der Waals surface area contributed by atoms with E-state index in [0.29, 0.717) is 30.8 Å². The van der Waals surface area contributed by atoms with Crippen molar-refractivity contribution in [3.05, 3.63) is 59.3 Å². The molecule has 8 nitrogen and oxygen atoms in total. The lowest BCUT2D eigenvalue weighted by atomic mass is 9.94. The Balaban J connectivity index is 1.27. The average Bonchev–Trinajstić information content (AvgIpc) is 3.61. The molecule has 2 aliphatic rings. The number of methoxy groups -OCH3 is 1. The maximum atomic E-state index is 13.1. The van der Waals surface area contributed by atoms with Crippen LogP contribution in [0.2, 0.25) is 0 Å². The number of hydrogen-bond donors (Lipinski definition) is 1. The number of ether oxygens (including phenoxy) is 2. The van der Waals surface area contributed by atoms with E-state index in [2.05, 4.69) is 28.5 Å². The van der Waals surface area contributed by atoms with Crippen LogP contribution < -0.4 is 10.1 Å². The van der Waals surface area contributed by atoms with Gasteiger partial charge in [0.2, 0.25) is 0 Å². The Bertz CT molecular complexity index is 1440. The standard InChI is InChI=1S/C31H34N4O4S/c1-19(2)39-27-10-7-21(16-22(27)17-32)30-33-18-28(40-30)25-6-4-5-24-23(25)8-9-26(24)34-31(37)35-13-11-20(12-14-35)15-29(36)38-3/h4-7,10,16,18-20,26H,8-9,11-15H2,1-3H3,(H,34,37)/t26-/m0/s1. The number of thiazole rings is 1. The third kappa shape index (κ3) is 5.97. The molecule has 0 unspecified atom stereocenters. The van der Waals surface area contributed by atoms with Crippen LogP contribution in [0, 0.1) is 17.2 Å². The second-order valence-corrected chi connectivity index (χ2v) is 11.7. The first-order valence-corrected chi connectivity index (χ1v) is 14.6. The highest BCUT2D eigenvalue weighted by Crippen LogP contribution is 2.41. The Morgan fingerprint density at radius 1 is 1.20 bits per heavy atom. The van der Waals surface area contributed by atoms with Crippen molar-refractivity contribution in [3.8, 4) is 32.8 Å². The van der Waals surface area contributed by atoms with E-state index >= 15 is 0 Å². The van der Waals surface area contributed by atoms with Gasteiger partial charge in [-0.15, -0.1) is 11.3 Å². The van der Waals surface area contributed by atoms with Gasteiger partial charge in [-0.3, -0.25) is 4.79 Å². The smallest absolute Gasteiger partial charge is 0.317 e. The van der Waals surface area contributed by atoms with Crippen LogP contribution in [0.3, 0.4) is 0 Å². The van der Waals surface area contributed by atoms with Gasteiger partial charge in [-0.25, -0.2) is 9.78 Å². The highest BCUT2D eigenvalue weighted by molar-refractivity contribution is 7.18. The number of nitriles is 1. The van der Waals surface area contributed by atoms with Crippen molar-refractivity contribution in [1.29, 1.82) is 5.26 Å². The fourth-order valence-corrected chi connectivity index (χ4v) is 6.54. The number of rotatable bonds is 7. The summed E-state index contributed by atoms with van der Waals surface area (Å²) >= 11 is 1.60. The third-order valence-corrected chi connectivity index (χ3v) is 8.71. The van der Waals surface area contributed by atoms with E-state index in [0.717, 1.165) is 52.3 Å². The van der Waals surface area contributed by atoms with Crippen molar-refractivity contribution in [2.24, 2.45) is 5.92 Å². The predicted octanol–water partition coefficient (Wildman–Crippen LogP) is 6.11. The molecule has 1 aliphatic carbocycles. The number of likely N-dealkylation sites (tertiary alicyclic amines) is 1. The SMILES string of the molecule is COC(=O)CC1CCN(C(=O)N[C@H]2CCc3c(-c4cnc(-c5ccc(OC(C)C)c(C#N)c5)s4)cccc32)CC1. The second kappa shape index (κ2) is 12.1. The number of fused-ring (bicyclic) bond motifs is 1. The molecule has 2 heterocycles. The third-order valence-electron chi connectivity index (χ3n) is 7.63. The van der Waals surface area contributed by atoms with E-state index in [1.807, 2.05) is 49.2 Å². The number of benzene rings is 2. The molecule has 0 radical (unpaired) electrons. The fraction of sp³-hybridized carbons (Fsp3) is 0.419. The van der Waals surface area contributed by atoms with Crippen LogP contribution in [0.4, 0.5) is 4.79 Å². The molecule has 1 saturated heterocycles. The first kappa shape index (κ1) is 27.7. The molecule has 5 rings (SSSR count). The summed E-state index contributed by atoms with van der Waals surface area (Å²) in [6.07, 6.45) is 5.65. The molecule has 0 spiro atoms. The zero-order chi connectivity index (χ0) is 28.2. The topological polar surface area (TPSA) is 105 Å². The maximum absolute atomic E-state index is 13.1. The zero-order valence-electron chi connectivity index (χ0n) is 23.1. The summed E-state index contributed by atoms with van der Waals surface area (Å²) in [6, 6.07) is 14.0. The number of hydrogen-bond acceptors (Lipinski definition) is 7. The minimum atomic E-state index is -0.185. The largest absolute Gasteiger partial charge is 0.490 e. The lowest BCUT2D eigenvalue weighted by Gasteiger charge is -2.32. The van der Waals surface area contributed by atoms with Crippen LogP contribution >= 0.6 is 11.3 Å². The van der Waals surface area contributed by atoms with Crippen LogP contribution in [0.15, 0.2) is 42.6 Å². The lowest BCUT2D eigenvalue weighted by Crippen LogP contribution is -2.45. The number of piperidine rings is 1. The summed E-state index contributed by atoms with van der Waals surface area (Å²) in [6.45, 7) is 5.17. The number of aromatic nitrogens is 1. The number of carbonyl (C=O) groups is 2. The molecule has 40 heavy (non-hydrogen) atoms. The molecule has 0 bridgehead atoms. The summed E-state index contributed by atoms with van der Waals surface area (Å²) in [4.78, 5) is 32.3. The summed E-state index contributed by atoms with van der Waals surface area (Å²) in [5, 5.41) is 13.7. The Morgan fingerprint density at radius 3 is 2.73 bits per heavy atom. The lowest BCUT2D eigenvalue weighted by molar-refractivity contribution is -0.142. The average molecular weight is 559 g/mol. The zero-order valence-corrected chi connectivity index (χ0v) is 23.9. The summed E-state index contributed by atoms with van der Waals surface area (Å²) in [5.74, 6) is 0.668. The molecule has 9 heteroatoms. The molecular weight excluding hydrogens is 524 g/mol. The van der Waals surface area contributed by atoms with Crippen molar-refractivity contribution in [2.45, 2.75) is 58.1 Å². The Labute approximate surface area is 238 Å². The van der Waals surface area contributed by atoms with E-state index in [4.69, 9.17) is 9.47 Å². The van der Waals surface area contributed by atoms with E-state index in [1.54, 1.807) is 11.3 Å². The van der Waals surface area contributed by atoms with Gasteiger partial charge < -0.3 is 19.7 Å². The molecule has 1 N–H and O–H groups in total. The normalized spacial score (nSPS) is 16.9. The first-order valence-electron chi connectivity index (χ1n) is 13.8. The van der Waals surface area contributed by atoms with E-state index in [1.165, 1.54) is 12.7 Å². The number of urea groups is 1. The van der Waals surface area contributed by atoms with Crippen LogP contribution in [0.1, 0.15) is 62.3 Å². The molecule has 1 fully saturated rings. The van der Waals surface area contributed by atoms with Crippen molar-refractivity contribution < 1.29 is 19.1 Å². The number of nitrogens with one attached hydrogen (secondary N) is 1. The summed E-state index contributed by atoms with van der Waals surface area (Å²) < 4.78 is 10.5. The van der Waals surface area contributed by atoms with Gasteiger partial charge in [-0.1, -0.05) is 18.2 Å². The van der Waals surface area contributed by atoms with Gasteiger partial charge in [-0.2, -0.15) is 5.26 Å². The number of esters is 1. The van der Waals surface area contributed by atoms with E-state index in [9.17, 15) is 14.9 Å². The van der Waals surface area contributed by atoms with Crippen molar-refractivity contribution >= 4 is 23.3 Å². The van der Waals surface area contributed by atoms with Gasteiger partial charge in [0.1, 0.15) is 16.8 Å². The molecular formula is C31H34N4O4S. The highest BCUT2D eigenvalue weighted by atomic mass is 32.1. The monoisotopic (exact) mass is 558 g/mol. The molecule has 1 aliphatic heterocycles. The second-order valence-electron chi connectivity index (χ2n) is 10.6. The van der Waals surface area contributed by atoms with Crippen molar-refractivity contribution in [3.63, 3.8) is 0 Å². The first-order chi connectivity index (χ1) is 19.4. The Morgan fingerprint density at radius 2 is 2.00 bits per heavy atom. The Kier molecular flexibility index (Phi) is 8.36. The highest BCUT2D eigenvalue weighted by Gasteiger charge is 2.30. The number of nitrogens with zero attached hydrogens (tertiary/aromatic N) is 3. The van der Waals surface area contributed by atoms with Crippen molar-refractivity contribution in [2.75, 3.05) is 20.2 Å². The van der Waals surface area contributed by atoms with Gasteiger partial charge in [-0.05, 0) is 80.3 Å².